The molecule has 0 amide bonds. The van der Waals surface area contributed by atoms with Crippen LogP contribution >= 0.6 is 0 Å². The minimum atomic E-state index is -0.410. The summed E-state index contributed by atoms with van der Waals surface area (Å²) in [4.78, 5) is 37.9. The third-order valence-electron chi connectivity index (χ3n) is 4.83. The zero-order valence-electron chi connectivity index (χ0n) is 15.8. The first-order valence-corrected chi connectivity index (χ1v) is 9.20. The molecule has 6 nitrogen and oxygen atoms in total. The highest BCUT2D eigenvalue weighted by atomic mass is 16.5. The van der Waals surface area contributed by atoms with Crippen LogP contribution in [0.2, 0.25) is 0 Å². The van der Waals surface area contributed by atoms with E-state index < -0.39 is 5.97 Å². The molecule has 0 radical (unpaired) electrons. The van der Waals surface area contributed by atoms with Crippen molar-refractivity contribution in [2.45, 2.75) is 25.5 Å². The Balaban J connectivity index is 1.65. The first kappa shape index (κ1) is 19.8. The van der Waals surface area contributed by atoms with E-state index in [0.717, 1.165) is 11.1 Å². The van der Waals surface area contributed by atoms with Crippen LogP contribution in [-0.2, 0) is 25.7 Å². The number of piperidine rings is 1. The molecule has 1 unspecified atom stereocenters. The van der Waals surface area contributed by atoms with Crippen LogP contribution in [0.4, 0.5) is 0 Å². The van der Waals surface area contributed by atoms with E-state index in [1.54, 1.807) is 24.3 Å². The molecular formula is C22H23NO5. The second-order valence-corrected chi connectivity index (χ2v) is 6.74. The van der Waals surface area contributed by atoms with E-state index in [0.29, 0.717) is 24.9 Å². The first-order chi connectivity index (χ1) is 13.6. The second-order valence-electron chi connectivity index (χ2n) is 6.74. The number of nitrogens with zero attached hydrogens (tertiary/aromatic N) is 1. The van der Waals surface area contributed by atoms with Gasteiger partial charge in [0.1, 0.15) is 12.4 Å². The van der Waals surface area contributed by atoms with Gasteiger partial charge in [-0.05, 0) is 23.3 Å². The van der Waals surface area contributed by atoms with Gasteiger partial charge in [-0.25, -0.2) is 4.79 Å². The number of likely N-dealkylation sites (tertiary alicyclic amines) is 1. The van der Waals surface area contributed by atoms with Gasteiger partial charge in [0, 0.05) is 25.4 Å². The second kappa shape index (κ2) is 9.28. The number of ketones is 1. The highest BCUT2D eigenvalue weighted by molar-refractivity contribution is 5.89. The Hall–Kier alpha value is -2.99. The summed E-state index contributed by atoms with van der Waals surface area (Å²) in [7, 11) is 1.33. The van der Waals surface area contributed by atoms with Crippen molar-refractivity contribution in [3.05, 3.63) is 71.3 Å². The predicted molar refractivity (Wildman–Crippen MR) is 103 cm³/mol. The molecule has 6 heteroatoms. The number of carbonyl (C=O) groups excluding carboxylic acids is 3. The van der Waals surface area contributed by atoms with Gasteiger partial charge >= 0.3 is 11.9 Å². The lowest BCUT2D eigenvalue weighted by Gasteiger charge is -2.34. The Morgan fingerprint density at radius 2 is 1.79 bits per heavy atom. The van der Waals surface area contributed by atoms with Gasteiger partial charge in [0.05, 0.1) is 19.2 Å². The molecule has 1 heterocycles. The number of esters is 2. The standard InChI is InChI=1S/C22H23NO5/c1-27-22(26)18-9-7-17(8-10-18)20-13-19(24)11-12-23(20)14-21(25)28-15-16-5-3-2-4-6-16/h2-10,20H,11-15H2,1H3. The lowest BCUT2D eigenvalue weighted by molar-refractivity contribution is -0.148. The fourth-order valence-corrected chi connectivity index (χ4v) is 3.30. The summed E-state index contributed by atoms with van der Waals surface area (Å²) in [5, 5.41) is 0. The zero-order chi connectivity index (χ0) is 19.9. The highest BCUT2D eigenvalue weighted by Crippen LogP contribution is 2.29. The van der Waals surface area contributed by atoms with Gasteiger partial charge in [-0.1, -0.05) is 42.5 Å². The van der Waals surface area contributed by atoms with Crippen LogP contribution < -0.4 is 0 Å². The molecule has 0 saturated carbocycles. The maximum absolute atomic E-state index is 12.3. The highest BCUT2D eigenvalue weighted by Gasteiger charge is 2.30. The summed E-state index contributed by atoms with van der Waals surface area (Å²) >= 11 is 0. The molecule has 2 aromatic carbocycles. The Kier molecular flexibility index (Phi) is 6.55. The molecule has 1 aliphatic rings. The fourth-order valence-electron chi connectivity index (χ4n) is 3.30. The monoisotopic (exact) mass is 381 g/mol. The molecule has 1 fully saturated rings. The van der Waals surface area contributed by atoms with Crippen molar-refractivity contribution in [1.82, 2.24) is 4.90 Å². The van der Waals surface area contributed by atoms with Crippen molar-refractivity contribution in [3.8, 4) is 0 Å². The van der Waals surface area contributed by atoms with Crippen molar-refractivity contribution in [2.24, 2.45) is 0 Å². The number of benzene rings is 2. The summed E-state index contributed by atoms with van der Waals surface area (Å²) in [6.45, 7) is 0.844. The molecule has 0 bridgehead atoms. The Labute approximate surface area is 164 Å². The molecule has 1 atom stereocenters. The Bertz CT molecular complexity index is 832. The van der Waals surface area contributed by atoms with Crippen LogP contribution in [0.1, 0.15) is 40.4 Å². The van der Waals surface area contributed by atoms with Crippen LogP contribution in [0.15, 0.2) is 54.6 Å². The summed E-state index contributed by atoms with van der Waals surface area (Å²) in [6, 6.07) is 16.2. The Morgan fingerprint density at radius 3 is 2.46 bits per heavy atom. The van der Waals surface area contributed by atoms with Crippen molar-refractivity contribution in [3.63, 3.8) is 0 Å². The molecule has 0 aromatic heterocycles. The molecule has 28 heavy (non-hydrogen) atoms. The minimum absolute atomic E-state index is 0.115. The Morgan fingerprint density at radius 1 is 1.07 bits per heavy atom. The average Bonchev–Trinajstić information content (AvgIpc) is 2.74. The van der Waals surface area contributed by atoms with Gasteiger partial charge in [0.2, 0.25) is 0 Å². The van der Waals surface area contributed by atoms with Crippen LogP contribution in [-0.4, -0.2) is 42.8 Å². The SMILES string of the molecule is COC(=O)c1ccc(C2CC(=O)CCN2CC(=O)OCc2ccccc2)cc1. The molecule has 2 aromatic rings. The number of ether oxygens (including phenoxy) is 2. The van der Waals surface area contributed by atoms with Crippen molar-refractivity contribution in [2.75, 3.05) is 20.2 Å². The number of rotatable bonds is 6. The van der Waals surface area contributed by atoms with Gasteiger partial charge in [-0.15, -0.1) is 0 Å². The van der Waals surface area contributed by atoms with Gasteiger partial charge in [0.25, 0.3) is 0 Å². The third kappa shape index (κ3) is 5.04. The molecule has 0 aliphatic carbocycles. The molecule has 0 spiro atoms. The van der Waals surface area contributed by atoms with Gasteiger partial charge in [-0.3, -0.25) is 14.5 Å². The van der Waals surface area contributed by atoms with E-state index in [1.807, 2.05) is 35.2 Å². The molecule has 146 valence electrons. The number of carbonyl (C=O) groups is 3. The molecule has 1 saturated heterocycles. The lowest BCUT2D eigenvalue weighted by Crippen LogP contribution is -2.40. The van der Waals surface area contributed by atoms with Crippen LogP contribution in [0.25, 0.3) is 0 Å². The van der Waals surface area contributed by atoms with Crippen molar-refractivity contribution < 1.29 is 23.9 Å². The quantitative estimate of drug-likeness (QED) is 0.717. The third-order valence-corrected chi connectivity index (χ3v) is 4.83. The number of hydrogen-bond acceptors (Lipinski definition) is 6. The van der Waals surface area contributed by atoms with Crippen LogP contribution in [0.5, 0.6) is 0 Å². The van der Waals surface area contributed by atoms with Crippen LogP contribution in [0, 0.1) is 0 Å². The fraction of sp³-hybridized carbons (Fsp3) is 0.318. The summed E-state index contributed by atoms with van der Waals surface area (Å²) in [5.74, 6) is -0.571. The van der Waals surface area contributed by atoms with Crippen molar-refractivity contribution >= 4 is 17.7 Å². The van der Waals surface area contributed by atoms with Gasteiger partial charge in [-0.2, -0.15) is 0 Å². The van der Waals surface area contributed by atoms with E-state index in [9.17, 15) is 14.4 Å². The molecule has 1 aliphatic heterocycles. The van der Waals surface area contributed by atoms with Crippen LogP contribution in [0.3, 0.4) is 0 Å². The minimum Gasteiger partial charge on any atom is -0.465 e. The number of methoxy groups -OCH3 is 1. The van der Waals surface area contributed by atoms with Gasteiger partial charge < -0.3 is 9.47 Å². The van der Waals surface area contributed by atoms with E-state index >= 15 is 0 Å². The largest absolute Gasteiger partial charge is 0.465 e. The van der Waals surface area contributed by atoms with Crippen molar-refractivity contribution in [1.29, 1.82) is 0 Å². The number of Topliss-reactive ketones (excluding diaryl/α,β-unsaturated/α-hetero) is 1. The molecular weight excluding hydrogens is 358 g/mol. The maximum atomic E-state index is 12.3. The van der Waals surface area contributed by atoms with E-state index in [4.69, 9.17) is 9.47 Å². The molecule has 0 N–H and O–H groups in total. The summed E-state index contributed by atoms with van der Waals surface area (Å²) in [5.41, 5.74) is 2.26. The average molecular weight is 381 g/mol. The smallest absolute Gasteiger partial charge is 0.337 e. The normalized spacial score (nSPS) is 17.2. The predicted octanol–water partition coefficient (Wildman–Crippen LogP) is 2.92. The lowest BCUT2D eigenvalue weighted by atomic mass is 9.93. The van der Waals surface area contributed by atoms with E-state index in [-0.39, 0.29) is 30.9 Å². The van der Waals surface area contributed by atoms with E-state index in [1.165, 1.54) is 7.11 Å². The summed E-state index contributed by atoms with van der Waals surface area (Å²) in [6.07, 6.45) is 0.756. The number of hydrogen-bond donors (Lipinski definition) is 0. The van der Waals surface area contributed by atoms with E-state index in [2.05, 4.69) is 0 Å². The van der Waals surface area contributed by atoms with Gasteiger partial charge in [0.15, 0.2) is 0 Å². The summed E-state index contributed by atoms with van der Waals surface area (Å²) < 4.78 is 10.1. The molecule has 3 rings (SSSR count). The first-order valence-electron chi connectivity index (χ1n) is 9.20. The topological polar surface area (TPSA) is 72.9 Å². The maximum Gasteiger partial charge on any atom is 0.337 e. The zero-order valence-corrected chi connectivity index (χ0v) is 15.8.